The van der Waals surface area contributed by atoms with E-state index in [1.54, 1.807) is 5.38 Å². The van der Waals surface area contributed by atoms with Crippen LogP contribution in [0.25, 0.3) is 0 Å². The summed E-state index contributed by atoms with van der Waals surface area (Å²) in [6.07, 6.45) is 7.20. The summed E-state index contributed by atoms with van der Waals surface area (Å²) in [5, 5.41) is 1.67. The zero-order valence-electron chi connectivity index (χ0n) is 12.6. The Hall–Kier alpha value is -0.920. The summed E-state index contributed by atoms with van der Waals surface area (Å²) in [4.78, 5) is 14.2. The zero-order chi connectivity index (χ0) is 15.6. The summed E-state index contributed by atoms with van der Waals surface area (Å²) in [7, 11) is -3.49. The fourth-order valence-electron chi connectivity index (χ4n) is 3.17. The Morgan fingerprint density at radius 2 is 1.82 bits per heavy atom. The van der Waals surface area contributed by atoms with Gasteiger partial charge in [-0.3, -0.25) is 4.79 Å². The molecule has 1 amide bonds. The molecule has 0 unspecified atom stereocenters. The fourth-order valence-corrected chi connectivity index (χ4v) is 5.65. The molecule has 1 aromatic rings. The standard InChI is InChI=1S/C15H22N2O3S2/c18-15(17-8-4-1-5-9-17)12-10-14(21-11-12)22(19,20)16-13-6-2-3-7-13/h10-11,13,16H,1-9H2. The summed E-state index contributed by atoms with van der Waals surface area (Å²) < 4.78 is 27.8. The number of nitrogens with one attached hydrogen (secondary N) is 1. The summed E-state index contributed by atoms with van der Waals surface area (Å²) in [6.45, 7) is 1.55. The van der Waals surface area contributed by atoms with E-state index in [9.17, 15) is 13.2 Å². The van der Waals surface area contributed by atoms with E-state index in [0.29, 0.717) is 5.56 Å². The highest BCUT2D eigenvalue weighted by Gasteiger charge is 2.26. The van der Waals surface area contributed by atoms with Gasteiger partial charge < -0.3 is 4.90 Å². The van der Waals surface area contributed by atoms with Gasteiger partial charge in [0.1, 0.15) is 4.21 Å². The molecule has 0 aromatic carbocycles. The van der Waals surface area contributed by atoms with E-state index in [0.717, 1.165) is 63.0 Å². The molecule has 7 heteroatoms. The normalized spacial score (nSPS) is 20.5. The Balaban J connectivity index is 1.70. The number of nitrogens with zero attached hydrogens (tertiary/aromatic N) is 1. The predicted octanol–water partition coefficient (Wildman–Crippen LogP) is 2.60. The molecule has 1 aliphatic carbocycles. The third kappa shape index (κ3) is 3.52. The van der Waals surface area contributed by atoms with Crippen LogP contribution in [0, 0.1) is 0 Å². The van der Waals surface area contributed by atoms with Crippen LogP contribution < -0.4 is 4.72 Å². The van der Waals surface area contributed by atoms with Gasteiger partial charge in [0.15, 0.2) is 0 Å². The van der Waals surface area contributed by atoms with Crippen LogP contribution in [0.3, 0.4) is 0 Å². The van der Waals surface area contributed by atoms with Gasteiger partial charge in [0.05, 0.1) is 5.56 Å². The van der Waals surface area contributed by atoms with E-state index in [1.807, 2.05) is 4.90 Å². The molecular weight excluding hydrogens is 320 g/mol. The van der Waals surface area contributed by atoms with E-state index >= 15 is 0 Å². The average Bonchev–Trinajstić information content (AvgIpc) is 3.18. The fraction of sp³-hybridized carbons (Fsp3) is 0.667. The minimum absolute atomic E-state index is 0.0433. The Labute approximate surface area is 135 Å². The van der Waals surface area contributed by atoms with Gasteiger partial charge in [-0.05, 0) is 38.2 Å². The van der Waals surface area contributed by atoms with Crippen LogP contribution in [0.1, 0.15) is 55.3 Å². The molecule has 1 N–H and O–H groups in total. The van der Waals surface area contributed by atoms with E-state index in [2.05, 4.69) is 4.72 Å². The second-order valence-electron chi connectivity index (χ2n) is 6.11. The van der Waals surface area contributed by atoms with Crippen molar-refractivity contribution in [1.29, 1.82) is 0 Å². The summed E-state index contributed by atoms with van der Waals surface area (Å²) in [6, 6.07) is 1.58. The molecule has 3 rings (SSSR count). The van der Waals surface area contributed by atoms with Gasteiger partial charge in [0.25, 0.3) is 5.91 Å². The van der Waals surface area contributed by atoms with Crippen LogP contribution in [0.2, 0.25) is 0 Å². The molecule has 0 radical (unpaired) electrons. The topological polar surface area (TPSA) is 66.5 Å². The lowest BCUT2D eigenvalue weighted by Gasteiger charge is -2.26. The summed E-state index contributed by atoms with van der Waals surface area (Å²) in [5.74, 6) is -0.0433. The lowest BCUT2D eigenvalue weighted by Crippen LogP contribution is -2.35. The van der Waals surface area contributed by atoms with Crippen molar-refractivity contribution in [3.8, 4) is 0 Å². The number of amides is 1. The molecular formula is C15H22N2O3S2. The molecule has 1 aliphatic heterocycles. The molecule has 0 atom stereocenters. The number of rotatable bonds is 4. The number of carbonyl (C=O) groups is 1. The predicted molar refractivity (Wildman–Crippen MR) is 86.7 cm³/mol. The number of sulfonamides is 1. The zero-order valence-corrected chi connectivity index (χ0v) is 14.2. The van der Waals surface area contributed by atoms with Gasteiger partial charge in [-0.1, -0.05) is 12.8 Å². The van der Waals surface area contributed by atoms with E-state index in [4.69, 9.17) is 0 Å². The molecule has 0 bridgehead atoms. The maximum Gasteiger partial charge on any atom is 0.254 e. The molecule has 1 saturated carbocycles. The first kappa shape index (κ1) is 16.0. The van der Waals surface area contributed by atoms with Gasteiger partial charge in [0, 0.05) is 24.5 Å². The van der Waals surface area contributed by atoms with Crippen molar-refractivity contribution in [1.82, 2.24) is 9.62 Å². The molecule has 2 fully saturated rings. The minimum atomic E-state index is -3.49. The van der Waals surface area contributed by atoms with Crippen LogP contribution >= 0.6 is 11.3 Å². The van der Waals surface area contributed by atoms with Crippen LogP contribution in [0.4, 0.5) is 0 Å². The van der Waals surface area contributed by atoms with Gasteiger partial charge in [-0.15, -0.1) is 11.3 Å². The monoisotopic (exact) mass is 342 g/mol. The molecule has 1 saturated heterocycles. The Morgan fingerprint density at radius 1 is 1.14 bits per heavy atom. The molecule has 2 heterocycles. The van der Waals surface area contributed by atoms with Gasteiger partial charge in [-0.25, -0.2) is 13.1 Å². The van der Waals surface area contributed by atoms with Crippen LogP contribution in [0.5, 0.6) is 0 Å². The Kier molecular flexibility index (Phi) is 4.84. The molecule has 122 valence electrons. The van der Waals surface area contributed by atoms with Gasteiger partial charge in [0.2, 0.25) is 10.0 Å². The van der Waals surface area contributed by atoms with Gasteiger partial charge >= 0.3 is 0 Å². The highest BCUT2D eigenvalue weighted by atomic mass is 32.2. The first-order valence-electron chi connectivity index (χ1n) is 7.96. The third-order valence-electron chi connectivity index (χ3n) is 4.41. The van der Waals surface area contributed by atoms with Crippen LogP contribution in [-0.4, -0.2) is 38.4 Å². The van der Waals surface area contributed by atoms with Crippen molar-refractivity contribution >= 4 is 27.3 Å². The van der Waals surface area contributed by atoms with Crippen molar-refractivity contribution in [2.24, 2.45) is 0 Å². The van der Waals surface area contributed by atoms with Crippen molar-refractivity contribution in [2.45, 2.75) is 55.2 Å². The first-order chi connectivity index (χ1) is 10.6. The Bertz CT molecular complexity index is 627. The molecule has 2 aliphatic rings. The molecule has 5 nitrogen and oxygen atoms in total. The lowest BCUT2D eigenvalue weighted by molar-refractivity contribution is 0.0725. The van der Waals surface area contributed by atoms with E-state index in [-0.39, 0.29) is 16.2 Å². The van der Waals surface area contributed by atoms with E-state index < -0.39 is 10.0 Å². The maximum absolute atomic E-state index is 12.4. The molecule has 1 aromatic heterocycles. The Morgan fingerprint density at radius 3 is 2.50 bits per heavy atom. The van der Waals surface area contributed by atoms with E-state index in [1.165, 1.54) is 12.5 Å². The highest BCUT2D eigenvalue weighted by molar-refractivity contribution is 7.91. The van der Waals surface area contributed by atoms with Crippen LogP contribution in [-0.2, 0) is 10.0 Å². The average molecular weight is 342 g/mol. The summed E-state index contributed by atoms with van der Waals surface area (Å²) in [5.41, 5.74) is 0.499. The minimum Gasteiger partial charge on any atom is -0.339 e. The SMILES string of the molecule is O=C(c1csc(S(=O)(=O)NC2CCCC2)c1)N1CCCCC1. The highest BCUT2D eigenvalue weighted by Crippen LogP contribution is 2.25. The van der Waals surface area contributed by atoms with Gasteiger partial charge in [-0.2, -0.15) is 0 Å². The molecule has 22 heavy (non-hydrogen) atoms. The summed E-state index contributed by atoms with van der Waals surface area (Å²) >= 11 is 1.13. The van der Waals surface area contributed by atoms with Crippen molar-refractivity contribution in [3.05, 3.63) is 17.0 Å². The smallest absolute Gasteiger partial charge is 0.254 e. The maximum atomic E-state index is 12.4. The lowest BCUT2D eigenvalue weighted by atomic mass is 10.1. The number of hydrogen-bond donors (Lipinski definition) is 1. The van der Waals surface area contributed by atoms with Crippen molar-refractivity contribution in [2.75, 3.05) is 13.1 Å². The van der Waals surface area contributed by atoms with Crippen LogP contribution in [0.15, 0.2) is 15.7 Å². The number of piperidine rings is 1. The first-order valence-corrected chi connectivity index (χ1v) is 10.3. The molecule has 0 spiro atoms. The second-order valence-corrected chi connectivity index (χ2v) is 8.96. The number of carbonyl (C=O) groups excluding carboxylic acids is 1. The van der Waals surface area contributed by atoms with Crippen molar-refractivity contribution < 1.29 is 13.2 Å². The largest absolute Gasteiger partial charge is 0.339 e. The quantitative estimate of drug-likeness (QED) is 0.914. The van der Waals surface area contributed by atoms with Crippen molar-refractivity contribution in [3.63, 3.8) is 0 Å². The number of thiophene rings is 1. The second kappa shape index (κ2) is 6.68. The third-order valence-corrected chi connectivity index (χ3v) is 7.37. The number of hydrogen-bond acceptors (Lipinski definition) is 4. The number of likely N-dealkylation sites (tertiary alicyclic amines) is 1.